The van der Waals surface area contributed by atoms with Crippen molar-refractivity contribution < 1.29 is 19.6 Å². The van der Waals surface area contributed by atoms with E-state index in [0.29, 0.717) is 29.6 Å². The zero-order valence-corrected chi connectivity index (χ0v) is 17.0. The highest BCUT2D eigenvalue weighted by Gasteiger charge is 2.55. The number of carbonyl (C=O) groups excluding carboxylic acids is 3. The third-order valence-corrected chi connectivity index (χ3v) is 6.44. The molecule has 28 heavy (non-hydrogen) atoms. The number of hydroxylamine groups is 2. The highest BCUT2D eigenvalue weighted by Crippen LogP contribution is 2.55. The second-order valence-electron chi connectivity index (χ2n) is 8.01. The standard InChI is InChI=1S/C19H28N4O4S/c1-2-3-4-14(11-22(27)13-24)9-16(25)23-12-19(5-6-19)10-15(23)17(26)21-18-20-7-8-28-18/h7-8,13-15,27H,2-6,9-12H2,1H3,(H,20,21,26)/t14?,15-/m0/s1. The number of carbonyl (C=O) groups is 3. The van der Waals surface area contributed by atoms with Crippen molar-refractivity contribution in [2.45, 2.75) is 57.9 Å². The van der Waals surface area contributed by atoms with Crippen LogP contribution < -0.4 is 5.32 Å². The Kier molecular flexibility index (Phi) is 6.66. The van der Waals surface area contributed by atoms with E-state index < -0.39 is 6.04 Å². The third-order valence-electron chi connectivity index (χ3n) is 5.75. The maximum absolute atomic E-state index is 13.1. The molecular formula is C19H28N4O4S. The van der Waals surface area contributed by atoms with Gasteiger partial charge in [0.15, 0.2) is 5.13 Å². The highest BCUT2D eigenvalue weighted by atomic mass is 32.1. The predicted molar refractivity (Wildman–Crippen MR) is 105 cm³/mol. The second kappa shape index (κ2) is 9.00. The highest BCUT2D eigenvalue weighted by molar-refractivity contribution is 7.13. The molecule has 2 fully saturated rings. The van der Waals surface area contributed by atoms with Gasteiger partial charge < -0.3 is 10.2 Å². The van der Waals surface area contributed by atoms with Crippen molar-refractivity contribution in [3.63, 3.8) is 0 Å². The van der Waals surface area contributed by atoms with Crippen LogP contribution in [0.2, 0.25) is 0 Å². The predicted octanol–water partition coefficient (Wildman–Crippen LogP) is 2.51. The zero-order chi connectivity index (χ0) is 20.1. The molecule has 1 aliphatic carbocycles. The number of likely N-dealkylation sites (tertiary alicyclic amines) is 1. The lowest BCUT2D eigenvalue weighted by atomic mass is 9.97. The summed E-state index contributed by atoms with van der Waals surface area (Å²) < 4.78 is 0. The summed E-state index contributed by atoms with van der Waals surface area (Å²) >= 11 is 1.35. The number of aromatic nitrogens is 1. The Labute approximate surface area is 168 Å². The summed E-state index contributed by atoms with van der Waals surface area (Å²) in [5.41, 5.74) is 0.0886. The van der Waals surface area contributed by atoms with Crippen molar-refractivity contribution in [1.29, 1.82) is 0 Å². The summed E-state index contributed by atoms with van der Waals surface area (Å²) in [6.45, 7) is 2.80. The molecular weight excluding hydrogens is 380 g/mol. The van der Waals surface area contributed by atoms with Crippen LogP contribution in [0.1, 0.15) is 51.9 Å². The Morgan fingerprint density at radius 3 is 2.93 bits per heavy atom. The van der Waals surface area contributed by atoms with Gasteiger partial charge in [0.2, 0.25) is 18.2 Å². The topological polar surface area (TPSA) is 103 Å². The van der Waals surface area contributed by atoms with Crippen LogP contribution in [-0.2, 0) is 14.4 Å². The molecule has 2 atom stereocenters. The number of amides is 3. The summed E-state index contributed by atoms with van der Waals surface area (Å²) in [7, 11) is 0. The van der Waals surface area contributed by atoms with Crippen molar-refractivity contribution in [2.24, 2.45) is 11.3 Å². The number of thiazole rings is 1. The summed E-state index contributed by atoms with van der Waals surface area (Å²) in [4.78, 5) is 42.4. The SMILES string of the molecule is CCCCC(CC(=O)N1CC2(CC2)C[C@H]1C(=O)Nc1nccs1)CN(O)C=O. The van der Waals surface area contributed by atoms with E-state index >= 15 is 0 Å². The fourth-order valence-corrected chi connectivity index (χ4v) is 4.52. The lowest BCUT2D eigenvalue weighted by Crippen LogP contribution is -2.44. The number of anilines is 1. The van der Waals surface area contributed by atoms with Crippen LogP contribution in [0.4, 0.5) is 5.13 Å². The molecule has 1 spiro atoms. The molecule has 1 saturated heterocycles. The first kappa shape index (κ1) is 20.7. The van der Waals surface area contributed by atoms with Gasteiger partial charge in [-0.05, 0) is 37.0 Å². The normalized spacial score (nSPS) is 20.8. The number of nitrogens with one attached hydrogen (secondary N) is 1. The number of hydrogen-bond donors (Lipinski definition) is 2. The zero-order valence-electron chi connectivity index (χ0n) is 16.2. The molecule has 154 valence electrons. The molecule has 0 bridgehead atoms. The molecule has 9 heteroatoms. The lowest BCUT2D eigenvalue weighted by Gasteiger charge is -2.26. The molecule has 1 saturated carbocycles. The van der Waals surface area contributed by atoms with Crippen molar-refractivity contribution >= 4 is 34.7 Å². The van der Waals surface area contributed by atoms with Crippen LogP contribution >= 0.6 is 11.3 Å². The summed E-state index contributed by atoms with van der Waals surface area (Å²) in [5, 5.41) is 15.3. The average Bonchev–Trinajstić information content (AvgIpc) is 3.06. The van der Waals surface area contributed by atoms with Crippen molar-refractivity contribution in [3.05, 3.63) is 11.6 Å². The fourth-order valence-electron chi connectivity index (χ4n) is 3.99. The summed E-state index contributed by atoms with van der Waals surface area (Å²) in [6, 6.07) is -0.484. The Bertz CT molecular complexity index is 692. The first-order chi connectivity index (χ1) is 13.5. The van der Waals surface area contributed by atoms with Gasteiger partial charge >= 0.3 is 0 Å². The maximum atomic E-state index is 13.1. The van der Waals surface area contributed by atoms with Gasteiger partial charge in [-0.2, -0.15) is 0 Å². The van der Waals surface area contributed by atoms with Crippen LogP contribution in [-0.4, -0.2) is 57.5 Å². The summed E-state index contributed by atoms with van der Waals surface area (Å²) in [5.74, 6) is -0.390. The summed E-state index contributed by atoms with van der Waals surface area (Å²) in [6.07, 6.45) is 7.65. The van der Waals surface area contributed by atoms with Crippen LogP contribution in [0.25, 0.3) is 0 Å². The lowest BCUT2D eigenvalue weighted by molar-refractivity contribution is -0.154. The largest absolute Gasteiger partial charge is 0.330 e. The molecule has 8 nitrogen and oxygen atoms in total. The van der Waals surface area contributed by atoms with Crippen molar-refractivity contribution in [1.82, 2.24) is 14.9 Å². The van der Waals surface area contributed by atoms with E-state index in [2.05, 4.69) is 17.2 Å². The van der Waals surface area contributed by atoms with Crippen LogP contribution in [0.5, 0.6) is 0 Å². The van der Waals surface area contributed by atoms with Crippen LogP contribution in [0, 0.1) is 11.3 Å². The van der Waals surface area contributed by atoms with Gasteiger partial charge in [0.1, 0.15) is 6.04 Å². The minimum absolute atomic E-state index is 0.0801. The van der Waals surface area contributed by atoms with E-state index in [1.54, 1.807) is 16.5 Å². The number of nitrogens with zero attached hydrogens (tertiary/aromatic N) is 3. The first-order valence-electron chi connectivity index (χ1n) is 9.87. The van der Waals surface area contributed by atoms with E-state index in [4.69, 9.17) is 0 Å². The monoisotopic (exact) mass is 408 g/mol. The van der Waals surface area contributed by atoms with Gasteiger partial charge in [-0.3, -0.25) is 19.6 Å². The third kappa shape index (κ3) is 5.08. The molecule has 1 aromatic heterocycles. The van der Waals surface area contributed by atoms with E-state index in [9.17, 15) is 19.6 Å². The van der Waals surface area contributed by atoms with Crippen molar-refractivity contribution in [2.75, 3.05) is 18.4 Å². The Balaban J connectivity index is 1.66. The van der Waals surface area contributed by atoms with Gasteiger partial charge in [0.25, 0.3) is 0 Å². The molecule has 1 unspecified atom stereocenters. The van der Waals surface area contributed by atoms with E-state index in [-0.39, 0.29) is 36.1 Å². The van der Waals surface area contributed by atoms with E-state index in [0.717, 1.165) is 32.1 Å². The van der Waals surface area contributed by atoms with Crippen molar-refractivity contribution in [3.8, 4) is 0 Å². The Morgan fingerprint density at radius 2 is 2.32 bits per heavy atom. The number of hydrogen-bond acceptors (Lipinski definition) is 6. The molecule has 3 rings (SSSR count). The Morgan fingerprint density at radius 1 is 1.54 bits per heavy atom. The molecule has 3 amide bonds. The van der Waals surface area contributed by atoms with Crippen LogP contribution in [0.3, 0.4) is 0 Å². The first-order valence-corrected chi connectivity index (χ1v) is 10.7. The molecule has 0 radical (unpaired) electrons. The van der Waals surface area contributed by atoms with Gasteiger partial charge in [0, 0.05) is 24.5 Å². The van der Waals surface area contributed by atoms with Crippen LogP contribution in [0.15, 0.2) is 11.6 Å². The Hall–Kier alpha value is -2.00. The quantitative estimate of drug-likeness (QED) is 0.352. The van der Waals surface area contributed by atoms with Gasteiger partial charge in [-0.1, -0.05) is 19.8 Å². The molecule has 2 heterocycles. The number of rotatable bonds is 10. The van der Waals surface area contributed by atoms with Gasteiger partial charge in [0.05, 0.1) is 6.54 Å². The molecule has 2 aliphatic rings. The van der Waals surface area contributed by atoms with E-state index in [1.807, 2.05) is 0 Å². The molecule has 2 N–H and O–H groups in total. The molecule has 1 aromatic rings. The minimum Gasteiger partial charge on any atom is -0.330 e. The fraction of sp³-hybridized carbons (Fsp3) is 0.684. The average molecular weight is 409 g/mol. The van der Waals surface area contributed by atoms with E-state index in [1.165, 1.54) is 11.3 Å². The van der Waals surface area contributed by atoms with Gasteiger partial charge in [-0.15, -0.1) is 11.3 Å². The molecule has 0 aromatic carbocycles. The minimum atomic E-state index is -0.484. The smallest absolute Gasteiger partial charge is 0.248 e. The second-order valence-corrected chi connectivity index (χ2v) is 8.90. The van der Waals surface area contributed by atoms with Gasteiger partial charge in [-0.25, -0.2) is 10.0 Å². The maximum Gasteiger partial charge on any atom is 0.248 e. The molecule has 1 aliphatic heterocycles. The number of unbranched alkanes of at least 4 members (excludes halogenated alkanes) is 1.